The number of nitrogens with zero attached hydrogens (tertiary/aromatic N) is 2. The van der Waals surface area contributed by atoms with Gasteiger partial charge in [0.25, 0.3) is 0 Å². The summed E-state index contributed by atoms with van der Waals surface area (Å²) in [6.45, 7) is 2.50. The molecule has 2 N–H and O–H groups in total. The summed E-state index contributed by atoms with van der Waals surface area (Å²) in [5.41, 5.74) is 0. The zero-order valence-electron chi connectivity index (χ0n) is 9.67. The first kappa shape index (κ1) is 12.5. The third-order valence-corrected chi connectivity index (χ3v) is 4.81. The van der Waals surface area contributed by atoms with Crippen molar-refractivity contribution in [2.75, 3.05) is 19.6 Å². The molecule has 1 unspecified atom stereocenters. The molecule has 1 fully saturated rings. The van der Waals surface area contributed by atoms with Gasteiger partial charge in [-0.05, 0) is 19.4 Å². The number of rotatable bonds is 5. The molecule has 0 aliphatic carbocycles. The van der Waals surface area contributed by atoms with Crippen LogP contribution in [-0.2, 0) is 16.6 Å². The lowest BCUT2D eigenvalue weighted by Crippen LogP contribution is -2.44. The van der Waals surface area contributed by atoms with Crippen molar-refractivity contribution in [3.8, 4) is 0 Å². The number of aromatic nitrogens is 2. The van der Waals surface area contributed by atoms with E-state index in [9.17, 15) is 8.42 Å². The smallest absolute Gasteiger partial charge is 0.215 e. The van der Waals surface area contributed by atoms with E-state index in [1.54, 1.807) is 12.5 Å². The third kappa shape index (κ3) is 3.52. The van der Waals surface area contributed by atoms with E-state index in [1.807, 2.05) is 10.8 Å². The summed E-state index contributed by atoms with van der Waals surface area (Å²) in [5.74, 6) is 0. The first-order valence-electron chi connectivity index (χ1n) is 5.83. The van der Waals surface area contributed by atoms with Crippen molar-refractivity contribution >= 4 is 10.0 Å². The van der Waals surface area contributed by atoms with Crippen molar-refractivity contribution in [1.29, 1.82) is 0 Å². The van der Waals surface area contributed by atoms with Gasteiger partial charge < -0.3 is 9.88 Å². The van der Waals surface area contributed by atoms with Crippen LogP contribution in [0.4, 0.5) is 0 Å². The van der Waals surface area contributed by atoms with Crippen LogP contribution in [0.5, 0.6) is 0 Å². The molecule has 0 radical (unpaired) electrons. The van der Waals surface area contributed by atoms with Gasteiger partial charge >= 0.3 is 0 Å². The van der Waals surface area contributed by atoms with E-state index in [-0.39, 0.29) is 5.25 Å². The molecular formula is C10H18N4O2S. The average molecular weight is 258 g/mol. The highest BCUT2D eigenvalue weighted by Crippen LogP contribution is 2.09. The molecule has 1 atom stereocenters. The molecule has 2 rings (SSSR count). The quantitative estimate of drug-likeness (QED) is 0.750. The number of imidazole rings is 1. The Balaban J connectivity index is 1.80. The van der Waals surface area contributed by atoms with E-state index in [1.165, 1.54) is 0 Å². The monoisotopic (exact) mass is 258 g/mol. The maximum absolute atomic E-state index is 11.9. The van der Waals surface area contributed by atoms with Crippen LogP contribution in [0.3, 0.4) is 0 Å². The molecule has 1 aliphatic heterocycles. The lowest BCUT2D eigenvalue weighted by atomic mass is 10.2. The van der Waals surface area contributed by atoms with Crippen molar-refractivity contribution < 1.29 is 8.42 Å². The molecule has 1 aromatic heterocycles. The standard InChI is InChI=1S/C10H18N4O2S/c15-17(16,10-2-1-3-11-8-10)13-5-7-14-6-4-12-9-14/h4,6,9-11,13H,1-3,5,7-8H2. The van der Waals surface area contributed by atoms with E-state index in [0.29, 0.717) is 19.6 Å². The Morgan fingerprint density at radius 2 is 2.41 bits per heavy atom. The second kappa shape index (κ2) is 5.61. The molecule has 6 nitrogen and oxygen atoms in total. The van der Waals surface area contributed by atoms with Crippen LogP contribution in [0.15, 0.2) is 18.7 Å². The summed E-state index contributed by atoms with van der Waals surface area (Å²) < 4.78 is 28.4. The molecule has 17 heavy (non-hydrogen) atoms. The van der Waals surface area contributed by atoms with Gasteiger partial charge in [0.05, 0.1) is 11.6 Å². The predicted octanol–water partition coefficient (Wildman–Crippen LogP) is -0.445. The fourth-order valence-corrected chi connectivity index (χ4v) is 3.36. The summed E-state index contributed by atoms with van der Waals surface area (Å²) in [7, 11) is -3.18. The summed E-state index contributed by atoms with van der Waals surface area (Å²) >= 11 is 0. The van der Waals surface area contributed by atoms with Crippen LogP contribution in [0.2, 0.25) is 0 Å². The van der Waals surface area contributed by atoms with Crippen LogP contribution in [-0.4, -0.2) is 42.9 Å². The molecule has 2 heterocycles. The molecular weight excluding hydrogens is 240 g/mol. The van der Waals surface area contributed by atoms with Gasteiger partial charge in [-0.1, -0.05) is 0 Å². The molecule has 96 valence electrons. The zero-order valence-corrected chi connectivity index (χ0v) is 10.5. The topological polar surface area (TPSA) is 76.0 Å². The SMILES string of the molecule is O=S(=O)(NCCn1ccnc1)C1CCCNC1. The number of piperidine rings is 1. The summed E-state index contributed by atoms with van der Waals surface area (Å²) in [6.07, 6.45) is 6.84. The fraction of sp³-hybridized carbons (Fsp3) is 0.700. The lowest BCUT2D eigenvalue weighted by molar-refractivity contribution is 0.488. The Bertz CT molecular complexity index is 423. The number of sulfonamides is 1. The van der Waals surface area contributed by atoms with E-state index in [0.717, 1.165) is 19.4 Å². The normalized spacial score (nSPS) is 21.5. The Hall–Kier alpha value is -0.920. The van der Waals surface area contributed by atoms with Crippen LogP contribution >= 0.6 is 0 Å². The van der Waals surface area contributed by atoms with Gasteiger partial charge in [-0.15, -0.1) is 0 Å². The van der Waals surface area contributed by atoms with Crippen molar-refractivity contribution in [2.24, 2.45) is 0 Å². The van der Waals surface area contributed by atoms with Crippen molar-refractivity contribution in [1.82, 2.24) is 19.6 Å². The minimum atomic E-state index is -3.18. The highest BCUT2D eigenvalue weighted by Gasteiger charge is 2.26. The second-order valence-corrected chi connectivity index (χ2v) is 6.25. The largest absolute Gasteiger partial charge is 0.336 e. The van der Waals surface area contributed by atoms with Gasteiger partial charge in [-0.25, -0.2) is 18.1 Å². The Morgan fingerprint density at radius 1 is 1.53 bits per heavy atom. The summed E-state index contributed by atoms with van der Waals surface area (Å²) in [5, 5.41) is 2.82. The number of nitrogens with one attached hydrogen (secondary N) is 2. The average Bonchev–Trinajstić information content (AvgIpc) is 2.83. The highest BCUT2D eigenvalue weighted by atomic mass is 32.2. The van der Waals surface area contributed by atoms with E-state index in [2.05, 4.69) is 15.0 Å². The minimum absolute atomic E-state index is 0.293. The van der Waals surface area contributed by atoms with Gasteiger partial charge in [0.15, 0.2) is 0 Å². The van der Waals surface area contributed by atoms with Gasteiger partial charge in [0.2, 0.25) is 10.0 Å². The third-order valence-electron chi connectivity index (χ3n) is 2.92. The minimum Gasteiger partial charge on any atom is -0.336 e. The Morgan fingerprint density at radius 3 is 3.06 bits per heavy atom. The summed E-state index contributed by atoms with van der Waals surface area (Å²) in [4.78, 5) is 3.90. The molecule has 0 spiro atoms. The zero-order chi connectivity index (χ0) is 12.1. The van der Waals surface area contributed by atoms with E-state index >= 15 is 0 Å². The highest BCUT2D eigenvalue weighted by molar-refractivity contribution is 7.90. The molecule has 0 saturated carbocycles. The maximum atomic E-state index is 11.9. The first-order valence-corrected chi connectivity index (χ1v) is 7.38. The predicted molar refractivity (Wildman–Crippen MR) is 65.0 cm³/mol. The fourth-order valence-electron chi connectivity index (χ4n) is 1.94. The number of hydrogen-bond acceptors (Lipinski definition) is 4. The van der Waals surface area contributed by atoms with Crippen LogP contribution in [0, 0.1) is 0 Å². The maximum Gasteiger partial charge on any atom is 0.215 e. The van der Waals surface area contributed by atoms with Crippen LogP contribution < -0.4 is 10.0 Å². The molecule has 7 heteroatoms. The van der Waals surface area contributed by atoms with Gasteiger partial charge in [-0.3, -0.25) is 0 Å². The first-order chi connectivity index (χ1) is 8.18. The van der Waals surface area contributed by atoms with E-state index in [4.69, 9.17) is 0 Å². The molecule has 0 aromatic carbocycles. The Labute approximate surface area is 101 Å². The van der Waals surface area contributed by atoms with Gasteiger partial charge in [0.1, 0.15) is 0 Å². The molecule has 1 aromatic rings. The van der Waals surface area contributed by atoms with Crippen LogP contribution in [0.25, 0.3) is 0 Å². The van der Waals surface area contributed by atoms with E-state index < -0.39 is 10.0 Å². The van der Waals surface area contributed by atoms with Crippen molar-refractivity contribution in [3.63, 3.8) is 0 Å². The lowest BCUT2D eigenvalue weighted by Gasteiger charge is -2.23. The number of hydrogen-bond donors (Lipinski definition) is 2. The summed E-state index contributed by atoms with van der Waals surface area (Å²) in [6, 6.07) is 0. The van der Waals surface area contributed by atoms with Crippen LogP contribution in [0.1, 0.15) is 12.8 Å². The second-order valence-electron chi connectivity index (χ2n) is 4.21. The molecule has 1 saturated heterocycles. The van der Waals surface area contributed by atoms with Crippen molar-refractivity contribution in [2.45, 2.75) is 24.6 Å². The molecule has 0 amide bonds. The van der Waals surface area contributed by atoms with Gasteiger partial charge in [-0.2, -0.15) is 0 Å². The Kier molecular flexibility index (Phi) is 4.14. The molecule has 1 aliphatic rings. The van der Waals surface area contributed by atoms with Crippen molar-refractivity contribution in [3.05, 3.63) is 18.7 Å². The van der Waals surface area contributed by atoms with Gasteiger partial charge in [0, 0.05) is 32.0 Å². The molecule has 0 bridgehead atoms.